The van der Waals surface area contributed by atoms with E-state index >= 15 is 0 Å². The van der Waals surface area contributed by atoms with Gasteiger partial charge in [0, 0.05) is 12.0 Å². The molecule has 1 saturated carbocycles. The highest BCUT2D eigenvalue weighted by Gasteiger charge is 2.23. The molecule has 1 aromatic carbocycles. The van der Waals surface area contributed by atoms with E-state index in [1.165, 1.54) is 36.8 Å². The van der Waals surface area contributed by atoms with E-state index in [1.807, 2.05) is 0 Å². The predicted octanol–water partition coefficient (Wildman–Crippen LogP) is 4.00. The van der Waals surface area contributed by atoms with Crippen molar-refractivity contribution in [3.8, 4) is 0 Å². The molecule has 0 aliphatic heterocycles. The maximum absolute atomic E-state index is 5.03. The van der Waals surface area contributed by atoms with Gasteiger partial charge in [-0.1, -0.05) is 45.0 Å². The van der Waals surface area contributed by atoms with Crippen LogP contribution in [0.25, 0.3) is 0 Å². The molecule has 0 heterocycles. The number of hydroxylamine groups is 1. The van der Waals surface area contributed by atoms with Crippen molar-refractivity contribution < 1.29 is 4.84 Å². The van der Waals surface area contributed by atoms with E-state index in [4.69, 9.17) is 4.84 Å². The average Bonchev–Trinajstić information content (AvgIpc) is 2.39. The minimum Gasteiger partial charge on any atom is -0.305 e. The first kappa shape index (κ1) is 14.5. The van der Waals surface area contributed by atoms with E-state index in [2.05, 4.69) is 50.5 Å². The summed E-state index contributed by atoms with van der Waals surface area (Å²) in [7, 11) is 1.70. The standard InChI is InChI=1S/C17H26NO/c1-17(2,3)15-7-5-6-14(12-15)13-8-10-16(11-9-13)18-19-4/h5-7,12,16,18H,8-11H2,1-4H3. The maximum Gasteiger partial charge on any atom is 0.0572 e. The third kappa shape index (κ3) is 3.80. The fraction of sp³-hybridized carbons (Fsp3) is 0.588. The lowest BCUT2D eigenvalue weighted by Gasteiger charge is -2.29. The Bertz CT molecular complexity index is 400. The van der Waals surface area contributed by atoms with Gasteiger partial charge < -0.3 is 4.84 Å². The van der Waals surface area contributed by atoms with Crippen molar-refractivity contribution in [1.29, 1.82) is 0 Å². The van der Waals surface area contributed by atoms with Gasteiger partial charge in [-0.25, -0.2) is 0 Å². The number of benzene rings is 1. The van der Waals surface area contributed by atoms with Gasteiger partial charge in [0.25, 0.3) is 0 Å². The zero-order valence-corrected chi connectivity index (χ0v) is 12.6. The monoisotopic (exact) mass is 260 g/mol. The maximum atomic E-state index is 5.03. The van der Waals surface area contributed by atoms with Crippen molar-refractivity contribution in [2.45, 2.75) is 57.9 Å². The summed E-state index contributed by atoms with van der Waals surface area (Å²) in [5, 5.41) is 0. The normalized spacial score (nSPS) is 18.7. The second kappa shape index (κ2) is 6.06. The van der Waals surface area contributed by atoms with E-state index in [1.54, 1.807) is 13.0 Å². The Labute approximate surface area is 117 Å². The molecule has 1 aromatic rings. The Morgan fingerprint density at radius 3 is 2.42 bits per heavy atom. The number of nitrogens with one attached hydrogen (secondary N) is 1. The van der Waals surface area contributed by atoms with Gasteiger partial charge in [0.05, 0.1) is 7.11 Å². The van der Waals surface area contributed by atoms with Crippen molar-refractivity contribution in [3.05, 3.63) is 41.3 Å². The van der Waals surface area contributed by atoms with Gasteiger partial charge in [0.1, 0.15) is 0 Å². The minimum absolute atomic E-state index is 0.228. The quantitative estimate of drug-likeness (QED) is 0.829. The molecule has 0 aromatic heterocycles. The van der Waals surface area contributed by atoms with E-state index in [-0.39, 0.29) is 5.41 Å². The molecule has 0 unspecified atom stereocenters. The summed E-state index contributed by atoms with van der Waals surface area (Å²) in [6.07, 6.45) is 4.69. The van der Waals surface area contributed by atoms with Gasteiger partial charge in [-0.2, -0.15) is 5.48 Å². The van der Waals surface area contributed by atoms with Gasteiger partial charge in [0.2, 0.25) is 0 Å². The van der Waals surface area contributed by atoms with Crippen LogP contribution in [-0.2, 0) is 10.3 Å². The summed E-state index contributed by atoms with van der Waals surface area (Å²) >= 11 is 0. The first-order valence-corrected chi connectivity index (χ1v) is 7.25. The van der Waals surface area contributed by atoms with E-state index in [9.17, 15) is 0 Å². The summed E-state index contributed by atoms with van der Waals surface area (Å²) in [4.78, 5) is 5.03. The second-order valence-corrected chi connectivity index (χ2v) is 6.53. The summed E-state index contributed by atoms with van der Waals surface area (Å²) in [6, 6.07) is 9.58. The summed E-state index contributed by atoms with van der Waals surface area (Å²) < 4.78 is 0. The van der Waals surface area contributed by atoms with Gasteiger partial charge in [0.15, 0.2) is 0 Å². The Morgan fingerprint density at radius 2 is 1.84 bits per heavy atom. The molecule has 0 bridgehead atoms. The fourth-order valence-electron chi connectivity index (χ4n) is 2.75. The Morgan fingerprint density at radius 1 is 1.16 bits per heavy atom. The molecule has 19 heavy (non-hydrogen) atoms. The molecule has 0 saturated heterocycles. The summed E-state index contributed by atoms with van der Waals surface area (Å²) in [5.74, 6) is 1.60. The molecule has 1 fully saturated rings. The summed E-state index contributed by atoms with van der Waals surface area (Å²) in [5.41, 5.74) is 6.17. The number of hydrogen-bond donors (Lipinski definition) is 1. The third-order valence-electron chi connectivity index (χ3n) is 4.01. The van der Waals surface area contributed by atoms with Crippen LogP contribution in [0.3, 0.4) is 0 Å². The highest BCUT2D eigenvalue weighted by molar-refractivity contribution is 5.37. The van der Waals surface area contributed by atoms with Crippen LogP contribution >= 0.6 is 0 Å². The molecule has 105 valence electrons. The molecule has 1 radical (unpaired) electrons. The topological polar surface area (TPSA) is 21.3 Å². The average molecular weight is 260 g/mol. The molecule has 1 aliphatic rings. The van der Waals surface area contributed by atoms with E-state index in [0.29, 0.717) is 6.04 Å². The zero-order valence-electron chi connectivity index (χ0n) is 12.6. The third-order valence-corrected chi connectivity index (χ3v) is 4.01. The van der Waals surface area contributed by atoms with Crippen molar-refractivity contribution in [1.82, 2.24) is 5.48 Å². The SMILES string of the molecule is CONC1CC[C](c2cccc(C(C)(C)C)c2)CC1. The van der Waals surface area contributed by atoms with Gasteiger partial charge in [-0.3, -0.25) is 0 Å². The number of rotatable bonds is 3. The van der Waals surface area contributed by atoms with Crippen molar-refractivity contribution in [3.63, 3.8) is 0 Å². The Kier molecular flexibility index (Phi) is 4.64. The van der Waals surface area contributed by atoms with Crippen LogP contribution in [0.4, 0.5) is 0 Å². The van der Waals surface area contributed by atoms with Gasteiger partial charge in [-0.15, -0.1) is 0 Å². The molecule has 0 spiro atoms. The van der Waals surface area contributed by atoms with E-state index < -0.39 is 0 Å². The lowest BCUT2D eigenvalue weighted by atomic mass is 9.79. The lowest BCUT2D eigenvalue weighted by Crippen LogP contribution is -2.32. The number of hydrogen-bond acceptors (Lipinski definition) is 2. The smallest absolute Gasteiger partial charge is 0.0572 e. The highest BCUT2D eigenvalue weighted by atomic mass is 16.6. The van der Waals surface area contributed by atoms with Crippen LogP contribution in [0, 0.1) is 5.92 Å². The predicted molar refractivity (Wildman–Crippen MR) is 79.9 cm³/mol. The van der Waals surface area contributed by atoms with Crippen LogP contribution in [0.15, 0.2) is 24.3 Å². The van der Waals surface area contributed by atoms with Crippen LogP contribution in [0.1, 0.15) is 57.6 Å². The van der Waals surface area contributed by atoms with Crippen LogP contribution in [0.5, 0.6) is 0 Å². The molecular formula is C17H26NO. The molecule has 0 atom stereocenters. The minimum atomic E-state index is 0.228. The van der Waals surface area contributed by atoms with Crippen LogP contribution < -0.4 is 5.48 Å². The Balaban J connectivity index is 2.03. The molecule has 1 aliphatic carbocycles. The Hall–Kier alpha value is -0.860. The molecule has 2 nitrogen and oxygen atoms in total. The van der Waals surface area contributed by atoms with Gasteiger partial charge >= 0.3 is 0 Å². The molecule has 2 heteroatoms. The second-order valence-electron chi connectivity index (χ2n) is 6.53. The first-order chi connectivity index (χ1) is 9.00. The fourth-order valence-corrected chi connectivity index (χ4v) is 2.75. The van der Waals surface area contributed by atoms with Crippen LogP contribution in [0.2, 0.25) is 0 Å². The molecule has 0 amide bonds. The zero-order chi connectivity index (χ0) is 13.9. The molecular weight excluding hydrogens is 234 g/mol. The van der Waals surface area contributed by atoms with Crippen LogP contribution in [-0.4, -0.2) is 13.2 Å². The molecule has 1 N–H and O–H groups in total. The van der Waals surface area contributed by atoms with Crippen molar-refractivity contribution in [2.75, 3.05) is 7.11 Å². The van der Waals surface area contributed by atoms with Gasteiger partial charge in [-0.05, 0) is 42.2 Å². The first-order valence-electron chi connectivity index (χ1n) is 7.25. The largest absolute Gasteiger partial charge is 0.305 e. The highest BCUT2D eigenvalue weighted by Crippen LogP contribution is 2.34. The van der Waals surface area contributed by atoms with Crippen molar-refractivity contribution >= 4 is 0 Å². The van der Waals surface area contributed by atoms with Crippen molar-refractivity contribution in [2.24, 2.45) is 0 Å². The molecule has 2 rings (SSSR count). The van der Waals surface area contributed by atoms with E-state index in [0.717, 1.165) is 0 Å². The summed E-state index contributed by atoms with van der Waals surface area (Å²) in [6.45, 7) is 6.82. The lowest BCUT2D eigenvalue weighted by molar-refractivity contribution is 0.0510.